The monoisotopic (exact) mass is 766 g/mol. The van der Waals surface area contributed by atoms with Crippen molar-refractivity contribution in [2.75, 3.05) is 39.3 Å². The van der Waals surface area contributed by atoms with E-state index in [1.165, 1.54) is 24.3 Å². The van der Waals surface area contributed by atoms with Gasteiger partial charge in [0, 0.05) is 88.5 Å². The lowest BCUT2D eigenvalue weighted by atomic mass is 9.96. The van der Waals surface area contributed by atoms with E-state index in [1.807, 2.05) is 45.2 Å². The Hall–Kier alpha value is -5.06. The van der Waals surface area contributed by atoms with Gasteiger partial charge in [0.05, 0.1) is 18.9 Å². The predicted molar refractivity (Wildman–Crippen MR) is 197 cm³/mol. The topological polar surface area (TPSA) is 131 Å². The summed E-state index contributed by atoms with van der Waals surface area (Å²) in [5.74, 6) is -0.491. The second-order valence-electron chi connectivity index (χ2n) is 14.6. The summed E-state index contributed by atoms with van der Waals surface area (Å²) in [6.45, 7) is 3.96. The number of alkyl halides is 3. The van der Waals surface area contributed by atoms with E-state index >= 15 is 0 Å². The molecule has 11 nitrogen and oxygen atoms in total. The zero-order valence-corrected chi connectivity index (χ0v) is 30.0. The van der Waals surface area contributed by atoms with Crippen LogP contribution in [0.5, 0.6) is 0 Å². The van der Waals surface area contributed by atoms with E-state index in [9.17, 15) is 31.9 Å². The second kappa shape index (κ2) is 16.4. The number of carboxylic acids is 1. The molecule has 2 aliphatic heterocycles. The summed E-state index contributed by atoms with van der Waals surface area (Å²) in [4.78, 5) is 20.6. The van der Waals surface area contributed by atoms with Crippen LogP contribution in [0.25, 0.3) is 44.1 Å². The van der Waals surface area contributed by atoms with E-state index in [0.717, 1.165) is 89.4 Å². The first-order chi connectivity index (χ1) is 26.4. The van der Waals surface area contributed by atoms with Crippen LogP contribution in [0.2, 0.25) is 0 Å². The van der Waals surface area contributed by atoms with Gasteiger partial charge < -0.3 is 25.1 Å². The number of halogens is 5. The Kier molecular flexibility index (Phi) is 11.4. The zero-order valence-electron chi connectivity index (χ0n) is 30.0. The summed E-state index contributed by atoms with van der Waals surface area (Å²) in [5.41, 5.74) is 5.39. The van der Waals surface area contributed by atoms with Gasteiger partial charge in [-0.15, -0.1) is 0 Å². The van der Waals surface area contributed by atoms with E-state index in [-0.39, 0.29) is 24.7 Å². The molecule has 0 aliphatic carbocycles. The van der Waals surface area contributed by atoms with Crippen LogP contribution in [-0.2, 0) is 17.9 Å². The standard InChI is InChI=1S/C20H22F4N4O.C19H21FN4O2/c21-15-1-2-16-17(9-25-18(16)7-15)14-8-26-28(11-14)10-13-3-5-27(6-4-13)12-19(29)20(22,23)24;20-15-1-2-16-17(9-21-18(16)7-15)14-8-22-24(11-14)10-13-3-5-23(6-4-13)12-19(25)26/h1-2,7-9,11,13,19,25,29H,3-6,10,12H2;1-2,7-9,11,13,21H,3-6,10,12H2,(H,25,26). The maximum atomic E-state index is 13.4. The molecule has 1 atom stereocenters. The van der Waals surface area contributed by atoms with E-state index in [0.29, 0.717) is 31.5 Å². The molecule has 6 aromatic rings. The third kappa shape index (κ3) is 9.43. The molecule has 2 saturated heterocycles. The fourth-order valence-electron chi connectivity index (χ4n) is 7.63. The smallest absolute Gasteiger partial charge is 0.415 e. The summed E-state index contributed by atoms with van der Waals surface area (Å²) >= 11 is 0. The fourth-order valence-corrected chi connectivity index (χ4v) is 7.63. The molecule has 0 bridgehead atoms. The number of rotatable bonds is 10. The predicted octanol–water partition coefficient (Wildman–Crippen LogP) is 6.77. The molecule has 0 amide bonds. The van der Waals surface area contributed by atoms with Gasteiger partial charge in [-0.3, -0.25) is 19.1 Å². The first-order valence-electron chi connectivity index (χ1n) is 18.4. The number of aromatic nitrogens is 6. The van der Waals surface area contributed by atoms with Crippen LogP contribution in [0.15, 0.2) is 73.6 Å². The minimum Gasteiger partial charge on any atom is -0.480 e. The molecule has 0 spiro atoms. The summed E-state index contributed by atoms with van der Waals surface area (Å²) in [7, 11) is 0. The molecule has 2 aromatic carbocycles. The first-order valence-corrected chi connectivity index (χ1v) is 18.4. The number of aliphatic hydroxyl groups excluding tert-OH is 1. The number of likely N-dealkylation sites (tertiary alicyclic amines) is 2. The molecule has 2 aliphatic rings. The van der Waals surface area contributed by atoms with Crippen molar-refractivity contribution >= 4 is 27.8 Å². The molecule has 2 fully saturated rings. The molecule has 6 heterocycles. The summed E-state index contributed by atoms with van der Waals surface area (Å²) in [6, 6.07) is 9.36. The molecule has 16 heteroatoms. The molecule has 4 N–H and O–H groups in total. The summed E-state index contributed by atoms with van der Waals surface area (Å²) in [6.07, 6.45) is 7.88. The third-order valence-corrected chi connectivity index (χ3v) is 10.6. The molecular formula is C39H43F5N8O3. The highest BCUT2D eigenvalue weighted by Gasteiger charge is 2.39. The Morgan fingerprint density at radius 1 is 0.764 bits per heavy atom. The van der Waals surface area contributed by atoms with Crippen LogP contribution >= 0.6 is 0 Å². The minimum absolute atomic E-state index is 0.125. The Morgan fingerprint density at radius 3 is 1.65 bits per heavy atom. The van der Waals surface area contributed by atoms with Crippen molar-refractivity contribution in [3.8, 4) is 22.3 Å². The van der Waals surface area contributed by atoms with E-state index in [2.05, 4.69) is 20.2 Å². The average Bonchev–Trinajstić information content (AvgIpc) is 3.96. The largest absolute Gasteiger partial charge is 0.480 e. The Balaban J connectivity index is 0.000000170. The highest BCUT2D eigenvalue weighted by atomic mass is 19.4. The summed E-state index contributed by atoms with van der Waals surface area (Å²) < 4.78 is 68.0. The quantitative estimate of drug-likeness (QED) is 0.113. The van der Waals surface area contributed by atoms with Gasteiger partial charge >= 0.3 is 12.1 Å². The normalized spacial score (nSPS) is 17.1. The highest BCUT2D eigenvalue weighted by molar-refractivity contribution is 5.96. The lowest BCUT2D eigenvalue weighted by Crippen LogP contribution is -2.44. The van der Waals surface area contributed by atoms with Crippen LogP contribution < -0.4 is 0 Å². The average molecular weight is 767 g/mol. The van der Waals surface area contributed by atoms with Crippen LogP contribution in [0.4, 0.5) is 22.0 Å². The Labute approximate surface area is 313 Å². The number of carbonyl (C=O) groups is 1. The van der Waals surface area contributed by atoms with Gasteiger partial charge in [-0.2, -0.15) is 23.4 Å². The van der Waals surface area contributed by atoms with Gasteiger partial charge in [-0.05, 0) is 100 Å². The number of β-amino-alcohol motifs (C(OH)–C–C–N with tert-alkyl or cyclic N) is 1. The van der Waals surface area contributed by atoms with Gasteiger partial charge in [0.15, 0.2) is 6.10 Å². The van der Waals surface area contributed by atoms with Crippen LogP contribution in [-0.4, -0.2) is 107 Å². The molecular weight excluding hydrogens is 723 g/mol. The lowest BCUT2D eigenvalue weighted by Gasteiger charge is -2.33. The van der Waals surface area contributed by atoms with Crippen molar-refractivity contribution in [3.63, 3.8) is 0 Å². The molecule has 292 valence electrons. The molecule has 4 aromatic heterocycles. The lowest BCUT2D eigenvalue weighted by molar-refractivity contribution is -0.208. The van der Waals surface area contributed by atoms with E-state index < -0.39 is 18.2 Å². The van der Waals surface area contributed by atoms with Crippen molar-refractivity contribution in [2.45, 2.75) is 51.1 Å². The molecule has 55 heavy (non-hydrogen) atoms. The van der Waals surface area contributed by atoms with E-state index in [4.69, 9.17) is 5.11 Å². The number of benzene rings is 2. The number of aliphatic hydroxyl groups is 1. The van der Waals surface area contributed by atoms with Gasteiger partial charge in [0.1, 0.15) is 11.6 Å². The summed E-state index contributed by atoms with van der Waals surface area (Å²) in [5, 5.41) is 28.9. The number of fused-ring (bicyclic) bond motifs is 2. The number of piperidine rings is 2. The fraction of sp³-hybridized carbons (Fsp3) is 0.410. The SMILES string of the molecule is O=C(O)CN1CCC(Cn2cc(-c3c[nH]c4cc(F)ccc34)cn2)CC1.OC(CN1CCC(Cn2cc(-c3c[nH]c4cc(F)ccc34)cn2)CC1)C(F)(F)F. The van der Waals surface area contributed by atoms with Gasteiger partial charge in [0.25, 0.3) is 0 Å². The van der Waals surface area contributed by atoms with Crippen LogP contribution in [0, 0.1) is 23.5 Å². The number of aromatic amines is 2. The Bertz CT molecular complexity index is 2210. The minimum atomic E-state index is -4.57. The van der Waals surface area contributed by atoms with Crippen molar-refractivity contribution in [2.24, 2.45) is 11.8 Å². The van der Waals surface area contributed by atoms with Crippen LogP contribution in [0.3, 0.4) is 0 Å². The van der Waals surface area contributed by atoms with Crippen molar-refractivity contribution in [3.05, 3.63) is 85.2 Å². The molecule has 1 unspecified atom stereocenters. The zero-order chi connectivity index (χ0) is 38.7. The Morgan fingerprint density at radius 2 is 1.22 bits per heavy atom. The van der Waals surface area contributed by atoms with E-state index in [1.54, 1.807) is 23.2 Å². The highest BCUT2D eigenvalue weighted by Crippen LogP contribution is 2.31. The van der Waals surface area contributed by atoms with Gasteiger partial charge in [-0.25, -0.2) is 8.78 Å². The second-order valence-corrected chi connectivity index (χ2v) is 14.6. The van der Waals surface area contributed by atoms with Crippen LogP contribution in [0.1, 0.15) is 25.7 Å². The molecule has 0 radical (unpaired) electrons. The number of nitrogens with one attached hydrogen (secondary N) is 2. The van der Waals surface area contributed by atoms with Crippen molar-refractivity contribution < 1.29 is 37.0 Å². The number of aliphatic carboxylic acids is 1. The number of hydrogen-bond donors (Lipinski definition) is 4. The number of hydrogen-bond acceptors (Lipinski definition) is 6. The maximum Gasteiger partial charge on any atom is 0.415 e. The van der Waals surface area contributed by atoms with Crippen molar-refractivity contribution in [1.29, 1.82) is 0 Å². The molecule has 0 saturated carbocycles. The third-order valence-electron chi connectivity index (χ3n) is 10.6. The molecule has 8 rings (SSSR count). The van der Waals surface area contributed by atoms with Gasteiger partial charge in [-0.1, -0.05) is 0 Å². The maximum absolute atomic E-state index is 13.4. The van der Waals surface area contributed by atoms with Gasteiger partial charge in [0.2, 0.25) is 0 Å². The number of nitrogens with zero attached hydrogens (tertiary/aromatic N) is 6. The number of H-pyrrole nitrogens is 2. The first kappa shape index (κ1) is 38.2. The van der Waals surface area contributed by atoms with Crippen molar-refractivity contribution in [1.82, 2.24) is 39.3 Å². The number of carboxylic acid groups (broad SMARTS) is 1.